The number of aryl methyl sites for hydroxylation is 1. The van der Waals surface area contributed by atoms with Crippen molar-refractivity contribution in [1.29, 1.82) is 0 Å². The van der Waals surface area contributed by atoms with E-state index in [9.17, 15) is 13.2 Å². The zero-order valence-corrected chi connectivity index (χ0v) is 15.9. The highest BCUT2D eigenvalue weighted by molar-refractivity contribution is 7.89. The summed E-state index contributed by atoms with van der Waals surface area (Å²) in [5.41, 5.74) is 1.29. The number of nitrogens with zero attached hydrogens (tertiary/aromatic N) is 4. The van der Waals surface area contributed by atoms with E-state index < -0.39 is 10.0 Å². The third-order valence-electron chi connectivity index (χ3n) is 4.56. The van der Waals surface area contributed by atoms with Gasteiger partial charge in [-0.3, -0.25) is 9.48 Å². The van der Waals surface area contributed by atoms with Crippen molar-refractivity contribution in [3.05, 3.63) is 47.8 Å². The van der Waals surface area contributed by atoms with Crippen LogP contribution in [0.15, 0.2) is 41.6 Å². The predicted molar refractivity (Wildman–Crippen MR) is 98.1 cm³/mol. The number of rotatable bonds is 5. The van der Waals surface area contributed by atoms with Crippen LogP contribution < -0.4 is 0 Å². The normalized spacial score (nSPS) is 15.8. The van der Waals surface area contributed by atoms with Gasteiger partial charge in [-0.2, -0.15) is 9.40 Å². The Balaban J connectivity index is 1.78. The first-order valence-corrected chi connectivity index (χ1v) is 10.1. The van der Waals surface area contributed by atoms with Crippen LogP contribution in [0.25, 0.3) is 0 Å². The van der Waals surface area contributed by atoms with Gasteiger partial charge in [0.15, 0.2) is 0 Å². The van der Waals surface area contributed by atoms with E-state index in [1.54, 1.807) is 41.0 Å². The molecule has 26 heavy (non-hydrogen) atoms. The van der Waals surface area contributed by atoms with E-state index >= 15 is 0 Å². The maximum Gasteiger partial charge on any atom is 0.253 e. The molecule has 140 valence electrons. The maximum absolute atomic E-state index is 12.8. The minimum atomic E-state index is -3.55. The van der Waals surface area contributed by atoms with Crippen molar-refractivity contribution in [3.63, 3.8) is 0 Å². The third-order valence-corrected chi connectivity index (χ3v) is 6.45. The van der Waals surface area contributed by atoms with E-state index in [2.05, 4.69) is 5.10 Å². The fourth-order valence-electron chi connectivity index (χ4n) is 3.16. The van der Waals surface area contributed by atoms with E-state index in [-0.39, 0.29) is 10.8 Å². The first-order valence-electron chi connectivity index (χ1n) is 8.71. The average Bonchev–Trinajstić information content (AvgIpc) is 3.06. The molecule has 1 saturated heterocycles. The van der Waals surface area contributed by atoms with E-state index in [1.165, 1.54) is 10.4 Å². The molecule has 1 amide bonds. The summed E-state index contributed by atoms with van der Waals surface area (Å²) in [6.45, 7) is 1.50. The Morgan fingerprint density at radius 1 is 1.23 bits per heavy atom. The molecule has 3 rings (SSSR count). The largest absolute Gasteiger partial charge is 0.337 e. The topological polar surface area (TPSA) is 75.5 Å². The molecule has 2 aromatic rings. The van der Waals surface area contributed by atoms with Crippen LogP contribution in [-0.4, -0.2) is 53.4 Å². The van der Waals surface area contributed by atoms with Gasteiger partial charge in [-0.1, -0.05) is 12.5 Å². The quantitative estimate of drug-likeness (QED) is 0.798. The van der Waals surface area contributed by atoms with Crippen LogP contribution >= 0.6 is 0 Å². The first kappa shape index (κ1) is 18.6. The van der Waals surface area contributed by atoms with Crippen LogP contribution in [0.2, 0.25) is 0 Å². The van der Waals surface area contributed by atoms with Gasteiger partial charge >= 0.3 is 0 Å². The molecule has 0 N–H and O–H groups in total. The van der Waals surface area contributed by atoms with Crippen molar-refractivity contribution in [2.75, 3.05) is 20.1 Å². The number of amides is 1. The zero-order valence-electron chi connectivity index (χ0n) is 15.1. The smallest absolute Gasteiger partial charge is 0.253 e. The van der Waals surface area contributed by atoms with Crippen molar-refractivity contribution in [2.45, 2.75) is 30.7 Å². The van der Waals surface area contributed by atoms with Gasteiger partial charge in [0.1, 0.15) is 0 Å². The molecular formula is C18H24N4O3S. The highest BCUT2D eigenvalue weighted by Crippen LogP contribution is 2.22. The van der Waals surface area contributed by atoms with Gasteiger partial charge in [-0.05, 0) is 31.0 Å². The number of hydrogen-bond donors (Lipinski definition) is 0. The minimum Gasteiger partial charge on any atom is -0.337 e. The fourth-order valence-corrected chi connectivity index (χ4v) is 4.73. The van der Waals surface area contributed by atoms with Crippen molar-refractivity contribution in [1.82, 2.24) is 19.0 Å². The highest BCUT2D eigenvalue weighted by Gasteiger charge is 2.26. The highest BCUT2D eigenvalue weighted by atomic mass is 32.2. The number of carbonyl (C=O) groups excluding carboxylic acids is 1. The summed E-state index contributed by atoms with van der Waals surface area (Å²) < 4.78 is 28.8. The molecule has 0 radical (unpaired) electrons. The van der Waals surface area contributed by atoms with Gasteiger partial charge in [-0.25, -0.2) is 8.42 Å². The van der Waals surface area contributed by atoms with Gasteiger partial charge in [0, 0.05) is 51.1 Å². The summed E-state index contributed by atoms with van der Waals surface area (Å²) in [6.07, 6.45) is 6.38. The van der Waals surface area contributed by atoms with Gasteiger partial charge in [0.25, 0.3) is 5.91 Å². The number of carbonyl (C=O) groups is 1. The maximum atomic E-state index is 12.8. The van der Waals surface area contributed by atoms with Gasteiger partial charge in [0.2, 0.25) is 10.0 Å². The Kier molecular flexibility index (Phi) is 5.43. The Hall–Kier alpha value is -2.19. The Morgan fingerprint density at radius 2 is 1.96 bits per heavy atom. The number of sulfonamides is 1. The van der Waals surface area contributed by atoms with Crippen molar-refractivity contribution >= 4 is 15.9 Å². The van der Waals surface area contributed by atoms with Gasteiger partial charge in [0.05, 0.1) is 11.1 Å². The minimum absolute atomic E-state index is 0.181. The molecule has 2 heterocycles. The van der Waals surface area contributed by atoms with E-state index in [4.69, 9.17) is 0 Å². The molecule has 0 unspecified atom stereocenters. The van der Waals surface area contributed by atoms with Crippen LogP contribution in [0.4, 0.5) is 0 Å². The standard InChI is InChI=1S/C18H24N4O3S/c1-20(13-15-12-19-21(2)14-15)18(23)16-7-6-8-17(11-16)26(24,25)22-9-4-3-5-10-22/h6-8,11-12,14H,3-5,9-10,13H2,1-2H3. The van der Waals surface area contributed by atoms with Crippen LogP contribution in [0, 0.1) is 0 Å². The fraction of sp³-hybridized carbons (Fsp3) is 0.444. The zero-order chi connectivity index (χ0) is 18.7. The van der Waals surface area contributed by atoms with E-state index in [0.717, 1.165) is 24.8 Å². The molecule has 0 bridgehead atoms. The molecule has 7 nitrogen and oxygen atoms in total. The summed E-state index contributed by atoms with van der Waals surface area (Å²) in [7, 11) is -0.0348. The molecule has 1 aromatic carbocycles. The summed E-state index contributed by atoms with van der Waals surface area (Å²) in [4.78, 5) is 14.4. The second kappa shape index (κ2) is 7.59. The lowest BCUT2D eigenvalue weighted by molar-refractivity contribution is 0.0785. The SMILES string of the molecule is CN(Cc1cnn(C)c1)C(=O)c1cccc(S(=O)(=O)N2CCCCC2)c1. The van der Waals surface area contributed by atoms with Crippen LogP contribution in [0.5, 0.6) is 0 Å². The summed E-state index contributed by atoms with van der Waals surface area (Å²) >= 11 is 0. The van der Waals surface area contributed by atoms with Crippen molar-refractivity contribution < 1.29 is 13.2 Å². The molecule has 0 spiro atoms. The Bertz CT molecular complexity index is 885. The second-order valence-electron chi connectivity index (χ2n) is 6.68. The van der Waals surface area contributed by atoms with E-state index in [1.807, 2.05) is 13.2 Å². The lowest BCUT2D eigenvalue weighted by Crippen LogP contribution is -2.35. The molecule has 0 saturated carbocycles. The van der Waals surface area contributed by atoms with E-state index in [0.29, 0.717) is 25.2 Å². The van der Waals surface area contributed by atoms with Crippen LogP contribution in [0.3, 0.4) is 0 Å². The number of piperidine rings is 1. The van der Waals surface area contributed by atoms with Crippen molar-refractivity contribution in [2.24, 2.45) is 7.05 Å². The van der Waals surface area contributed by atoms with Crippen LogP contribution in [0.1, 0.15) is 35.2 Å². The molecule has 1 aromatic heterocycles. The molecule has 1 fully saturated rings. The number of hydrogen-bond acceptors (Lipinski definition) is 4. The number of benzene rings is 1. The second-order valence-corrected chi connectivity index (χ2v) is 8.61. The summed E-state index contributed by atoms with van der Waals surface area (Å²) in [5, 5.41) is 4.09. The molecule has 1 aliphatic heterocycles. The average molecular weight is 376 g/mol. The summed E-state index contributed by atoms with van der Waals surface area (Å²) in [5.74, 6) is -0.218. The molecule has 8 heteroatoms. The molecule has 0 aliphatic carbocycles. The summed E-state index contributed by atoms with van der Waals surface area (Å²) in [6, 6.07) is 6.31. The molecular weight excluding hydrogens is 352 g/mol. The third kappa shape index (κ3) is 3.96. The lowest BCUT2D eigenvalue weighted by Gasteiger charge is -2.26. The van der Waals surface area contributed by atoms with Crippen LogP contribution in [-0.2, 0) is 23.6 Å². The predicted octanol–water partition coefficient (Wildman–Crippen LogP) is 1.87. The van der Waals surface area contributed by atoms with Gasteiger partial charge in [-0.15, -0.1) is 0 Å². The Labute approximate surface area is 154 Å². The molecule has 1 aliphatic rings. The van der Waals surface area contributed by atoms with Gasteiger partial charge < -0.3 is 4.90 Å². The molecule has 0 atom stereocenters. The first-order chi connectivity index (χ1) is 12.4. The lowest BCUT2D eigenvalue weighted by atomic mass is 10.2. The van der Waals surface area contributed by atoms with Crippen molar-refractivity contribution in [3.8, 4) is 0 Å². The Morgan fingerprint density at radius 3 is 2.62 bits per heavy atom. The number of aromatic nitrogens is 2. The monoisotopic (exact) mass is 376 g/mol.